The van der Waals surface area contributed by atoms with Crippen LogP contribution in [-0.4, -0.2) is 46.9 Å². The molecule has 0 bridgehead atoms. The van der Waals surface area contributed by atoms with Gasteiger partial charge < -0.3 is 16.4 Å². The van der Waals surface area contributed by atoms with Gasteiger partial charge in [0.15, 0.2) is 0 Å². The molecule has 7 heteroatoms. The third-order valence-corrected chi connectivity index (χ3v) is 6.13. The summed E-state index contributed by atoms with van der Waals surface area (Å²) in [5, 5.41) is 5.61. The molecular weight excluding hydrogens is 320 g/mol. The minimum Gasteiger partial charge on any atom is -0.353 e. The highest BCUT2D eigenvalue weighted by molar-refractivity contribution is 6.09. The summed E-state index contributed by atoms with van der Waals surface area (Å²) in [6.07, 6.45) is 5.78. The number of nitrogens with zero attached hydrogens (tertiary/aromatic N) is 1. The van der Waals surface area contributed by atoms with E-state index in [1.54, 1.807) is 0 Å². The normalized spacial score (nSPS) is 26.9. The van der Waals surface area contributed by atoms with Gasteiger partial charge in [0.2, 0.25) is 5.91 Å². The van der Waals surface area contributed by atoms with Crippen LogP contribution in [0.3, 0.4) is 0 Å². The number of hydrogen-bond acceptors (Lipinski definition) is 4. The molecule has 1 aliphatic heterocycles. The summed E-state index contributed by atoms with van der Waals surface area (Å²) in [5.41, 5.74) is 4.92. The monoisotopic (exact) mass is 352 g/mol. The van der Waals surface area contributed by atoms with Gasteiger partial charge >= 0.3 is 6.03 Å². The average Bonchev–Trinajstić information content (AvgIpc) is 2.84. The van der Waals surface area contributed by atoms with Gasteiger partial charge in [-0.3, -0.25) is 14.5 Å². The molecule has 2 aliphatic rings. The van der Waals surface area contributed by atoms with E-state index in [0.717, 1.165) is 37.0 Å². The number of nitrogens with one attached hydrogen (secondary N) is 2. The molecule has 2 rings (SSSR count). The number of imide groups is 1. The standard InChI is InChI=1S/C18H32N4O3/c1-4-13-7-9-18(10-8-13)15(24)22(16(25)21-18)11-14(23)20-12-17(19,5-2)6-3/h13H,4-12,19H2,1-3H3,(H,20,23)(H,21,25). The molecule has 1 aliphatic carbocycles. The largest absolute Gasteiger partial charge is 0.353 e. The Hall–Kier alpha value is -1.63. The molecule has 0 aromatic rings. The second kappa shape index (κ2) is 7.72. The van der Waals surface area contributed by atoms with E-state index in [-0.39, 0.29) is 18.4 Å². The van der Waals surface area contributed by atoms with E-state index in [0.29, 0.717) is 25.3 Å². The minimum atomic E-state index is -0.798. The molecule has 0 unspecified atom stereocenters. The van der Waals surface area contributed by atoms with Crippen LogP contribution in [0.15, 0.2) is 0 Å². The topological polar surface area (TPSA) is 105 Å². The number of nitrogens with two attached hydrogens (primary N) is 1. The van der Waals surface area contributed by atoms with E-state index in [9.17, 15) is 14.4 Å². The van der Waals surface area contributed by atoms with Crippen molar-refractivity contribution in [3.63, 3.8) is 0 Å². The Labute approximate surface area is 150 Å². The lowest BCUT2D eigenvalue weighted by atomic mass is 9.75. The van der Waals surface area contributed by atoms with Crippen LogP contribution in [0.4, 0.5) is 4.79 Å². The summed E-state index contributed by atoms with van der Waals surface area (Å²) in [5.74, 6) is 0.0140. The van der Waals surface area contributed by atoms with Crippen molar-refractivity contribution < 1.29 is 14.4 Å². The van der Waals surface area contributed by atoms with E-state index in [1.807, 2.05) is 13.8 Å². The van der Waals surface area contributed by atoms with Crippen LogP contribution in [0.25, 0.3) is 0 Å². The number of carbonyl (C=O) groups is 3. The van der Waals surface area contributed by atoms with Crippen molar-refractivity contribution in [1.29, 1.82) is 0 Å². The van der Waals surface area contributed by atoms with Crippen LogP contribution in [0.5, 0.6) is 0 Å². The molecular formula is C18H32N4O3. The maximum Gasteiger partial charge on any atom is 0.325 e. The molecule has 1 spiro atoms. The summed E-state index contributed by atoms with van der Waals surface area (Å²) < 4.78 is 0. The average molecular weight is 352 g/mol. The third-order valence-electron chi connectivity index (χ3n) is 6.13. The maximum atomic E-state index is 12.8. The molecule has 0 aromatic heterocycles. The van der Waals surface area contributed by atoms with Gasteiger partial charge in [0.1, 0.15) is 12.1 Å². The smallest absolute Gasteiger partial charge is 0.325 e. The third kappa shape index (κ3) is 4.14. The van der Waals surface area contributed by atoms with E-state index in [1.165, 1.54) is 0 Å². The molecule has 142 valence electrons. The van der Waals surface area contributed by atoms with Gasteiger partial charge in [-0.1, -0.05) is 27.2 Å². The Morgan fingerprint density at radius 2 is 1.88 bits per heavy atom. The predicted molar refractivity (Wildman–Crippen MR) is 95.7 cm³/mol. The number of hydrogen-bond donors (Lipinski definition) is 3. The molecule has 1 heterocycles. The Kier molecular flexibility index (Phi) is 6.08. The van der Waals surface area contributed by atoms with E-state index < -0.39 is 17.1 Å². The lowest BCUT2D eigenvalue weighted by Gasteiger charge is -2.34. The van der Waals surface area contributed by atoms with Crippen molar-refractivity contribution in [3.05, 3.63) is 0 Å². The molecule has 1 saturated carbocycles. The number of amides is 4. The summed E-state index contributed by atoms with van der Waals surface area (Å²) in [6.45, 7) is 6.20. The zero-order valence-electron chi connectivity index (χ0n) is 15.7. The second-order valence-electron chi connectivity index (χ2n) is 7.60. The quantitative estimate of drug-likeness (QED) is 0.604. The lowest BCUT2D eigenvalue weighted by molar-refractivity contribution is -0.136. The minimum absolute atomic E-state index is 0.243. The van der Waals surface area contributed by atoms with Crippen LogP contribution < -0.4 is 16.4 Å². The first-order valence-corrected chi connectivity index (χ1v) is 9.49. The van der Waals surface area contributed by atoms with Gasteiger partial charge in [-0.2, -0.15) is 0 Å². The Bertz CT molecular complexity index is 522. The maximum absolute atomic E-state index is 12.8. The van der Waals surface area contributed by atoms with Gasteiger partial charge in [0.05, 0.1) is 0 Å². The van der Waals surface area contributed by atoms with Crippen LogP contribution in [0.2, 0.25) is 0 Å². The molecule has 0 aromatic carbocycles. The zero-order valence-corrected chi connectivity index (χ0v) is 15.7. The lowest BCUT2D eigenvalue weighted by Crippen LogP contribution is -2.52. The van der Waals surface area contributed by atoms with Gasteiger partial charge in [0, 0.05) is 12.1 Å². The second-order valence-corrected chi connectivity index (χ2v) is 7.60. The van der Waals surface area contributed by atoms with Crippen molar-refractivity contribution in [2.45, 2.75) is 76.8 Å². The Balaban J connectivity index is 1.93. The van der Waals surface area contributed by atoms with Crippen LogP contribution in [0, 0.1) is 5.92 Å². The van der Waals surface area contributed by atoms with E-state index >= 15 is 0 Å². The highest BCUT2D eigenvalue weighted by atomic mass is 16.2. The Morgan fingerprint density at radius 1 is 1.28 bits per heavy atom. The number of carbonyl (C=O) groups excluding carboxylic acids is 3. The fraction of sp³-hybridized carbons (Fsp3) is 0.833. The van der Waals surface area contributed by atoms with Crippen LogP contribution in [-0.2, 0) is 9.59 Å². The molecule has 0 atom stereocenters. The Morgan fingerprint density at radius 3 is 2.40 bits per heavy atom. The van der Waals surface area contributed by atoms with Crippen molar-refractivity contribution >= 4 is 17.8 Å². The molecule has 4 N–H and O–H groups in total. The molecule has 0 radical (unpaired) electrons. The predicted octanol–water partition coefficient (Wildman–Crippen LogP) is 1.51. The summed E-state index contributed by atoms with van der Waals surface area (Å²) in [7, 11) is 0. The zero-order chi connectivity index (χ0) is 18.7. The fourth-order valence-corrected chi connectivity index (χ4v) is 3.71. The highest BCUT2D eigenvalue weighted by Gasteiger charge is 2.52. The van der Waals surface area contributed by atoms with Gasteiger partial charge in [-0.25, -0.2) is 4.79 Å². The summed E-state index contributed by atoms with van der Waals surface area (Å²) in [4.78, 5) is 38.3. The molecule has 1 saturated heterocycles. The molecule has 2 fully saturated rings. The van der Waals surface area contributed by atoms with Crippen molar-refractivity contribution in [2.75, 3.05) is 13.1 Å². The molecule has 4 amide bonds. The first kappa shape index (κ1) is 19.7. The van der Waals surface area contributed by atoms with E-state index in [2.05, 4.69) is 17.6 Å². The van der Waals surface area contributed by atoms with Crippen LogP contribution >= 0.6 is 0 Å². The van der Waals surface area contributed by atoms with Gasteiger partial charge in [0.25, 0.3) is 5.91 Å². The van der Waals surface area contributed by atoms with Crippen LogP contribution in [0.1, 0.15) is 65.7 Å². The van der Waals surface area contributed by atoms with Gasteiger partial charge in [-0.05, 0) is 44.4 Å². The summed E-state index contributed by atoms with van der Waals surface area (Å²) >= 11 is 0. The fourth-order valence-electron chi connectivity index (χ4n) is 3.71. The molecule has 7 nitrogen and oxygen atoms in total. The number of urea groups is 1. The summed E-state index contributed by atoms with van der Waals surface area (Å²) in [6, 6.07) is -0.458. The van der Waals surface area contributed by atoms with Gasteiger partial charge in [-0.15, -0.1) is 0 Å². The molecule has 25 heavy (non-hydrogen) atoms. The van der Waals surface area contributed by atoms with Crippen molar-refractivity contribution in [3.8, 4) is 0 Å². The van der Waals surface area contributed by atoms with Crippen molar-refractivity contribution in [2.24, 2.45) is 11.7 Å². The highest BCUT2D eigenvalue weighted by Crippen LogP contribution is 2.37. The number of rotatable bonds is 7. The van der Waals surface area contributed by atoms with Crippen molar-refractivity contribution in [1.82, 2.24) is 15.5 Å². The first-order chi connectivity index (χ1) is 11.8. The first-order valence-electron chi connectivity index (χ1n) is 9.49. The SMILES string of the molecule is CCC1CCC2(CC1)NC(=O)N(CC(=O)NCC(N)(CC)CC)C2=O. The van der Waals surface area contributed by atoms with E-state index in [4.69, 9.17) is 5.73 Å².